The van der Waals surface area contributed by atoms with Crippen molar-refractivity contribution in [1.29, 1.82) is 0 Å². The monoisotopic (exact) mass is 860 g/mol. The van der Waals surface area contributed by atoms with Crippen LogP contribution in [0.4, 0.5) is 34.1 Å². The quantitative estimate of drug-likeness (QED) is 0.0779. The Kier molecular flexibility index (Phi) is 10.5. The molecule has 302 valence electrons. The molecule has 0 N–H and O–H groups in total. The first-order valence-electron chi connectivity index (χ1n) is 20.7. The summed E-state index contributed by atoms with van der Waals surface area (Å²) in [6, 6.07) is 63.0. The molecule has 3 heterocycles. The van der Waals surface area contributed by atoms with Crippen LogP contribution in [0.5, 0.6) is 0 Å². The Hall–Kier alpha value is -6.91. The number of carbonyl (C=O) groups excluding carboxylic acids is 2. The Balaban J connectivity index is 1.07. The molecule has 0 saturated carbocycles. The van der Waals surface area contributed by atoms with Crippen molar-refractivity contribution in [3.63, 3.8) is 0 Å². The van der Waals surface area contributed by atoms with E-state index in [4.69, 9.17) is 12.2 Å². The maximum atomic E-state index is 14.4. The minimum Gasteiger partial charge on any atom is -0.311 e. The summed E-state index contributed by atoms with van der Waals surface area (Å²) in [5.41, 5.74) is 11.1. The molecule has 1 saturated heterocycles. The molecule has 1 fully saturated rings. The molecule has 1 aliphatic carbocycles. The van der Waals surface area contributed by atoms with Crippen LogP contribution < -0.4 is 9.80 Å². The first-order valence-corrected chi connectivity index (χ1v) is 22.7. The highest BCUT2D eigenvalue weighted by molar-refractivity contribution is 7.80. The Morgan fingerprint density at radius 1 is 0.435 bits per heavy atom. The average Bonchev–Trinajstić information content (AvgIpc) is 4.02. The van der Waals surface area contributed by atoms with Crippen molar-refractivity contribution in [3.05, 3.63) is 199 Å². The van der Waals surface area contributed by atoms with Crippen LogP contribution in [0, 0.1) is 0 Å². The normalized spacial score (nSPS) is 13.4. The Bertz CT molecular complexity index is 2700. The SMILES string of the molecule is CCN1C(=O)C(=C2c3cc(-c4ccc(N(c5ccccc5)c5ccccc5)cc4)sc3-c3sc(-c4ccc(N(c5ccccc5)c5ccccc5)cc4)cc32)C(=O)N(CC)C1=S. The van der Waals surface area contributed by atoms with Gasteiger partial charge in [-0.15, -0.1) is 22.7 Å². The predicted octanol–water partition coefficient (Wildman–Crippen LogP) is 13.9. The highest BCUT2D eigenvalue weighted by Crippen LogP contribution is 2.57. The number of thiophene rings is 2. The van der Waals surface area contributed by atoms with Crippen LogP contribution in [-0.4, -0.2) is 39.8 Å². The Morgan fingerprint density at radius 3 is 1.05 bits per heavy atom. The summed E-state index contributed by atoms with van der Waals surface area (Å²) in [5.74, 6) is -0.696. The second-order valence-electron chi connectivity index (χ2n) is 14.9. The van der Waals surface area contributed by atoms with Crippen LogP contribution in [0.25, 0.3) is 36.2 Å². The fourth-order valence-corrected chi connectivity index (χ4v) is 11.3. The molecule has 1 aliphatic heterocycles. The molecule has 2 amide bonds. The Morgan fingerprint density at radius 2 is 0.742 bits per heavy atom. The lowest BCUT2D eigenvalue weighted by molar-refractivity contribution is -0.133. The maximum absolute atomic E-state index is 14.4. The number of fused-ring (bicyclic) bond motifs is 3. The molecule has 0 spiro atoms. The number of amides is 2. The fourth-order valence-electron chi connectivity index (χ4n) is 8.39. The third kappa shape index (κ3) is 6.84. The molecule has 6 nitrogen and oxygen atoms in total. The number of benzene rings is 6. The second-order valence-corrected chi connectivity index (χ2v) is 17.4. The van der Waals surface area contributed by atoms with Crippen molar-refractivity contribution in [2.75, 3.05) is 22.9 Å². The third-order valence-corrected chi connectivity index (χ3v) is 14.3. The highest BCUT2D eigenvalue weighted by atomic mass is 32.1. The van der Waals surface area contributed by atoms with Gasteiger partial charge in [0.15, 0.2) is 5.11 Å². The smallest absolute Gasteiger partial charge is 0.266 e. The van der Waals surface area contributed by atoms with Gasteiger partial charge in [0.1, 0.15) is 5.57 Å². The number of likely N-dealkylation sites (N-methyl/N-ethyl adjacent to an activating group) is 2. The van der Waals surface area contributed by atoms with Crippen LogP contribution in [0.3, 0.4) is 0 Å². The van der Waals surface area contributed by atoms with Crippen molar-refractivity contribution in [2.24, 2.45) is 0 Å². The number of anilines is 6. The van der Waals surface area contributed by atoms with E-state index in [-0.39, 0.29) is 22.5 Å². The van der Waals surface area contributed by atoms with Gasteiger partial charge in [-0.05, 0) is 122 Å². The molecule has 0 atom stereocenters. The molecule has 10 rings (SSSR count). The van der Waals surface area contributed by atoms with E-state index in [1.54, 1.807) is 32.5 Å². The molecule has 0 radical (unpaired) electrons. The molecule has 2 aromatic heterocycles. The van der Waals surface area contributed by atoms with Crippen LogP contribution in [0.2, 0.25) is 0 Å². The predicted molar refractivity (Wildman–Crippen MR) is 261 cm³/mol. The number of carbonyl (C=O) groups is 2. The summed E-state index contributed by atoms with van der Waals surface area (Å²) in [6.45, 7) is 4.53. The minimum atomic E-state index is -0.348. The number of hydrogen-bond acceptors (Lipinski definition) is 7. The van der Waals surface area contributed by atoms with Gasteiger partial charge >= 0.3 is 0 Å². The number of thiocarbonyl (C=S) groups is 1. The first kappa shape index (κ1) is 39.2. The van der Waals surface area contributed by atoms with Crippen molar-refractivity contribution in [2.45, 2.75) is 13.8 Å². The lowest BCUT2D eigenvalue weighted by Crippen LogP contribution is -2.56. The van der Waals surface area contributed by atoms with Crippen LogP contribution >= 0.6 is 34.9 Å². The van der Waals surface area contributed by atoms with Gasteiger partial charge in [0.25, 0.3) is 11.8 Å². The van der Waals surface area contributed by atoms with Crippen molar-refractivity contribution in [3.8, 4) is 30.6 Å². The summed E-state index contributed by atoms with van der Waals surface area (Å²) < 4.78 is 0. The van der Waals surface area contributed by atoms with Gasteiger partial charge in [0, 0.05) is 73.7 Å². The van der Waals surface area contributed by atoms with E-state index in [1.165, 1.54) is 0 Å². The van der Waals surface area contributed by atoms with Crippen molar-refractivity contribution < 1.29 is 9.59 Å². The zero-order valence-electron chi connectivity index (χ0n) is 34.1. The minimum absolute atomic E-state index is 0.171. The molecule has 6 aromatic carbocycles. The fraction of sp³-hybridized carbons (Fsp3) is 0.0755. The lowest BCUT2D eigenvalue weighted by Gasteiger charge is -2.36. The summed E-state index contributed by atoms with van der Waals surface area (Å²) in [7, 11) is 0. The number of rotatable bonds is 10. The maximum Gasteiger partial charge on any atom is 0.266 e. The van der Waals surface area contributed by atoms with E-state index in [9.17, 15) is 9.59 Å². The van der Waals surface area contributed by atoms with E-state index >= 15 is 0 Å². The van der Waals surface area contributed by atoms with Crippen molar-refractivity contribution >= 4 is 91.5 Å². The summed E-state index contributed by atoms with van der Waals surface area (Å²) in [5, 5.41) is 0.255. The largest absolute Gasteiger partial charge is 0.311 e. The van der Waals surface area contributed by atoms with E-state index in [0.29, 0.717) is 18.7 Å². The number of hydrogen-bond donors (Lipinski definition) is 0. The summed E-state index contributed by atoms with van der Waals surface area (Å²) >= 11 is 9.09. The van der Waals surface area contributed by atoms with Gasteiger partial charge in [0.05, 0.1) is 9.75 Å². The van der Waals surface area contributed by atoms with Gasteiger partial charge in [-0.3, -0.25) is 19.4 Å². The van der Waals surface area contributed by atoms with Gasteiger partial charge in [-0.2, -0.15) is 0 Å². The molecule has 2 aliphatic rings. The number of nitrogens with zero attached hydrogens (tertiary/aromatic N) is 4. The molecule has 62 heavy (non-hydrogen) atoms. The van der Waals surface area contributed by atoms with Crippen LogP contribution in [0.1, 0.15) is 25.0 Å². The van der Waals surface area contributed by atoms with Crippen molar-refractivity contribution in [1.82, 2.24) is 9.80 Å². The van der Waals surface area contributed by atoms with E-state index in [2.05, 4.69) is 168 Å². The lowest BCUT2D eigenvalue weighted by atomic mass is 9.95. The average molecular weight is 861 g/mol. The zero-order chi connectivity index (χ0) is 42.3. The summed E-state index contributed by atoms with van der Waals surface area (Å²) in [4.78, 5) is 40.6. The van der Waals surface area contributed by atoms with E-state index in [1.807, 2.05) is 38.1 Å². The highest BCUT2D eigenvalue weighted by Gasteiger charge is 2.43. The topological polar surface area (TPSA) is 47.1 Å². The zero-order valence-corrected chi connectivity index (χ0v) is 36.5. The second kappa shape index (κ2) is 16.5. The van der Waals surface area contributed by atoms with E-state index in [0.717, 1.165) is 75.9 Å². The first-order chi connectivity index (χ1) is 30.4. The van der Waals surface area contributed by atoms with Crippen LogP contribution in [-0.2, 0) is 9.59 Å². The molecular formula is C53H40N4O2S3. The van der Waals surface area contributed by atoms with Gasteiger partial charge in [0.2, 0.25) is 0 Å². The summed E-state index contributed by atoms with van der Waals surface area (Å²) in [6.07, 6.45) is 0. The standard InChI is InChI=1S/C53H40N4O2S3/c1-3-54-51(58)48(52(59)55(4-2)53(54)60)47-43-33-45(35-25-29-41(30-26-35)56(37-17-9-5-10-18-37)38-19-11-6-12-20-38)61-49(43)50-44(47)34-46(62-50)36-27-31-42(32-28-36)57(39-21-13-7-14-22-39)40-23-15-8-16-24-40/h5-34H,3-4H2,1-2H3. The molecule has 0 unspecified atom stereocenters. The number of para-hydroxylation sites is 4. The Labute approximate surface area is 374 Å². The van der Waals surface area contributed by atoms with Crippen LogP contribution in [0.15, 0.2) is 188 Å². The molecule has 9 heteroatoms. The molecule has 8 aromatic rings. The molecular weight excluding hydrogens is 821 g/mol. The third-order valence-electron chi connectivity index (χ3n) is 11.3. The molecule has 0 bridgehead atoms. The van der Waals surface area contributed by atoms with E-state index < -0.39 is 0 Å². The van der Waals surface area contributed by atoms with Gasteiger partial charge in [-0.1, -0.05) is 97.1 Å². The van der Waals surface area contributed by atoms with Gasteiger partial charge in [-0.25, -0.2) is 0 Å². The van der Waals surface area contributed by atoms with Gasteiger partial charge < -0.3 is 9.80 Å².